The Balaban J connectivity index is 1.63. The first-order valence-corrected chi connectivity index (χ1v) is 15.0. The molecule has 0 saturated heterocycles. The Morgan fingerprint density at radius 2 is 1.86 bits per heavy atom. The van der Waals surface area contributed by atoms with Gasteiger partial charge in [0.15, 0.2) is 9.96 Å². The standard InChI is InChI=1S/C29H25ClN6O4S2/c1-4-34(5-2)27(38)24-17(3)33-29-35(25(24)19-8-10-20(30)11-9-19)26(37)23(42-29)16-18-7-12-22(21(15-18)36(39)40)41-28-31-13-6-14-32-28/h6-16,25H,4-5H2,1-3H3/b23-16-/t25-/m1/s1. The maximum absolute atomic E-state index is 13.9. The van der Waals surface area contributed by atoms with Crippen LogP contribution in [0.2, 0.25) is 5.02 Å². The van der Waals surface area contributed by atoms with E-state index in [4.69, 9.17) is 11.6 Å². The number of nitro benzene ring substituents is 1. The molecule has 0 N–H and O–H groups in total. The molecule has 2 aromatic carbocycles. The number of allylic oxidation sites excluding steroid dienone is 1. The third-order valence-electron chi connectivity index (χ3n) is 6.71. The molecule has 0 spiro atoms. The van der Waals surface area contributed by atoms with Crippen LogP contribution in [0.1, 0.15) is 37.9 Å². The summed E-state index contributed by atoms with van der Waals surface area (Å²) >= 11 is 8.41. The topological polar surface area (TPSA) is 124 Å². The number of nitrogens with zero attached hydrogens (tertiary/aromatic N) is 6. The first-order chi connectivity index (χ1) is 20.2. The quantitative estimate of drug-likeness (QED) is 0.160. The van der Waals surface area contributed by atoms with Crippen LogP contribution in [0.15, 0.2) is 92.0 Å². The van der Waals surface area contributed by atoms with Crippen molar-refractivity contribution in [2.45, 2.75) is 36.9 Å². The number of aromatic nitrogens is 3. The molecule has 2 aromatic heterocycles. The molecular weight excluding hydrogens is 596 g/mol. The van der Waals surface area contributed by atoms with Crippen molar-refractivity contribution in [3.63, 3.8) is 0 Å². The van der Waals surface area contributed by atoms with Gasteiger partial charge in [0.1, 0.15) is 0 Å². The van der Waals surface area contributed by atoms with Gasteiger partial charge in [-0.2, -0.15) is 0 Å². The minimum absolute atomic E-state index is 0.129. The molecule has 10 nitrogen and oxygen atoms in total. The normalized spacial score (nSPS) is 14.9. The maximum Gasteiger partial charge on any atom is 0.283 e. The van der Waals surface area contributed by atoms with Gasteiger partial charge in [-0.05, 0) is 74.0 Å². The highest BCUT2D eigenvalue weighted by atomic mass is 35.5. The number of halogens is 1. The summed E-state index contributed by atoms with van der Waals surface area (Å²) in [6.45, 7) is 6.59. The lowest BCUT2D eigenvalue weighted by molar-refractivity contribution is -0.387. The van der Waals surface area contributed by atoms with Gasteiger partial charge in [-0.15, -0.1) is 0 Å². The van der Waals surface area contributed by atoms with Gasteiger partial charge in [0, 0.05) is 36.6 Å². The molecule has 1 atom stereocenters. The molecule has 1 aliphatic heterocycles. The third kappa shape index (κ3) is 5.78. The highest BCUT2D eigenvalue weighted by molar-refractivity contribution is 7.99. The van der Waals surface area contributed by atoms with Crippen LogP contribution in [0.5, 0.6) is 0 Å². The summed E-state index contributed by atoms with van der Waals surface area (Å²) in [5.41, 5.74) is 1.66. The summed E-state index contributed by atoms with van der Waals surface area (Å²) in [5.74, 6) is -0.193. The van der Waals surface area contributed by atoms with Crippen molar-refractivity contribution >= 4 is 52.4 Å². The molecule has 214 valence electrons. The van der Waals surface area contributed by atoms with E-state index in [2.05, 4.69) is 15.0 Å². The minimum atomic E-state index is -0.715. The van der Waals surface area contributed by atoms with Crippen LogP contribution in [-0.2, 0) is 4.79 Å². The van der Waals surface area contributed by atoms with Crippen LogP contribution in [0.3, 0.4) is 0 Å². The van der Waals surface area contributed by atoms with E-state index in [-0.39, 0.29) is 17.2 Å². The first-order valence-electron chi connectivity index (χ1n) is 13.0. The van der Waals surface area contributed by atoms with Crippen LogP contribution in [0, 0.1) is 10.1 Å². The Hall–Kier alpha value is -4.13. The number of thiazole rings is 1. The van der Waals surface area contributed by atoms with Crippen LogP contribution >= 0.6 is 34.7 Å². The average Bonchev–Trinajstić information content (AvgIpc) is 3.28. The number of hydrogen-bond donors (Lipinski definition) is 0. The first kappa shape index (κ1) is 29.4. The summed E-state index contributed by atoms with van der Waals surface area (Å²) in [5, 5.41) is 12.8. The van der Waals surface area contributed by atoms with E-state index >= 15 is 0 Å². The summed E-state index contributed by atoms with van der Waals surface area (Å²) in [6.07, 6.45) is 4.74. The Morgan fingerprint density at radius 3 is 2.50 bits per heavy atom. The van der Waals surface area contributed by atoms with E-state index < -0.39 is 11.0 Å². The number of rotatable bonds is 8. The van der Waals surface area contributed by atoms with Crippen LogP contribution in [0.25, 0.3) is 6.08 Å². The molecule has 0 saturated carbocycles. The summed E-state index contributed by atoms with van der Waals surface area (Å²) in [4.78, 5) is 54.5. The second-order valence-corrected chi connectivity index (χ2v) is 11.7. The second kappa shape index (κ2) is 12.4. The highest BCUT2D eigenvalue weighted by Gasteiger charge is 2.34. The van der Waals surface area contributed by atoms with Gasteiger partial charge in [0.25, 0.3) is 17.2 Å². The Bertz CT molecular complexity index is 1880. The van der Waals surface area contributed by atoms with Gasteiger partial charge >= 0.3 is 0 Å². The molecule has 1 amide bonds. The van der Waals surface area contributed by atoms with Crippen molar-refractivity contribution in [3.05, 3.63) is 118 Å². The number of hydrogen-bond acceptors (Lipinski definition) is 9. The van der Waals surface area contributed by atoms with Crippen molar-refractivity contribution in [2.75, 3.05) is 13.1 Å². The van der Waals surface area contributed by atoms with E-state index in [0.29, 0.717) is 54.3 Å². The molecule has 13 heteroatoms. The van der Waals surface area contributed by atoms with E-state index in [0.717, 1.165) is 28.7 Å². The second-order valence-electron chi connectivity index (χ2n) is 9.23. The predicted molar refractivity (Wildman–Crippen MR) is 162 cm³/mol. The summed E-state index contributed by atoms with van der Waals surface area (Å²) < 4.78 is 1.85. The average molecular weight is 621 g/mol. The lowest BCUT2D eigenvalue weighted by Gasteiger charge is -2.29. The lowest BCUT2D eigenvalue weighted by Crippen LogP contribution is -2.43. The molecule has 3 heterocycles. The van der Waals surface area contributed by atoms with E-state index in [1.54, 1.807) is 72.8 Å². The Morgan fingerprint density at radius 1 is 1.17 bits per heavy atom. The van der Waals surface area contributed by atoms with E-state index in [1.807, 2.05) is 13.8 Å². The molecule has 0 aliphatic carbocycles. The molecule has 0 unspecified atom stereocenters. The van der Waals surface area contributed by atoms with Crippen molar-refractivity contribution in [3.8, 4) is 0 Å². The largest absolute Gasteiger partial charge is 0.339 e. The molecular formula is C29H25ClN6O4S2. The number of amides is 1. The van der Waals surface area contributed by atoms with Crippen molar-refractivity contribution in [1.29, 1.82) is 0 Å². The summed E-state index contributed by atoms with van der Waals surface area (Å²) in [7, 11) is 0. The van der Waals surface area contributed by atoms with Gasteiger partial charge in [-0.1, -0.05) is 41.1 Å². The maximum atomic E-state index is 13.9. The van der Waals surface area contributed by atoms with Gasteiger partial charge in [0.2, 0.25) is 0 Å². The fourth-order valence-corrected chi connectivity index (χ4v) is 6.65. The van der Waals surface area contributed by atoms with E-state index in [1.165, 1.54) is 10.6 Å². The van der Waals surface area contributed by atoms with Crippen LogP contribution in [-0.4, -0.2) is 43.4 Å². The highest BCUT2D eigenvalue weighted by Crippen LogP contribution is 2.34. The molecule has 1 aliphatic rings. The predicted octanol–water partition coefficient (Wildman–Crippen LogP) is 4.61. The zero-order chi connectivity index (χ0) is 30.0. The van der Waals surface area contributed by atoms with E-state index in [9.17, 15) is 19.7 Å². The molecule has 4 aromatic rings. The Labute approximate surface area is 253 Å². The number of carbonyl (C=O) groups excluding carboxylic acids is 1. The van der Waals surface area contributed by atoms with Crippen molar-refractivity contribution < 1.29 is 9.72 Å². The smallest absolute Gasteiger partial charge is 0.283 e. The zero-order valence-electron chi connectivity index (χ0n) is 22.9. The van der Waals surface area contributed by atoms with Crippen LogP contribution in [0.4, 0.5) is 5.69 Å². The zero-order valence-corrected chi connectivity index (χ0v) is 25.2. The van der Waals surface area contributed by atoms with Gasteiger partial charge in [0.05, 0.1) is 31.7 Å². The lowest BCUT2D eigenvalue weighted by atomic mass is 9.94. The number of carbonyl (C=O) groups is 1. The van der Waals surface area contributed by atoms with Crippen LogP contribution < -0.4 is 14.9 Å². The molecule has 0 bridgehead atoms. The molecule has 5 rings (SSSR count). The number of nitro groups is 1. The molecule has 0 radical (unpaired) electrons. The third-order valence-corrected chi connectivity index (χ3v) is 8.90. The number of likely N-dealkylation sites (N-methyl/N-ethyl adjacent to an activating group) is 1. The van der Waals surface area contributed by atoms with Gasteiger partial charge in [-0.25, -0.2) is 15.0 Å². The SMILES string of the molecule is CCN(CC)C(=O)C1=C(C)N=c2s/c(=C\c3ccc(Sc4ncccn4)c([N+](=O)[O-])c3)c(=O)n2[C@@H]1c1ccc(Cl)cc1. The fourth-order valence-electron chi connectivity index (χ4n) is 4.68. The molecule has 0 fully saturated rings. The number of fused-ring (bicyclic) bond motifs is 1. The monoisotopic (exact) mass is 620 g/mol. The Kier molecular flexibility index (Phi) is 8.66. The minimum Gasteiger partial charge on any atom is -0.339 e. The van der Waals surface area contributed by atoms with Gasteiger partial charge < -0.3 is 4.90 Å². The molecule has 42 heavy (non-hydrogen) atoms. The summed E-state index contributed by atoms with van der Waals surface area (Å²) in [6, 6.07) is 12.7. The van der Waals surface area contributed by atoms with Gasteiger partial charge in [-0.3, -0.25) is 24.3 Å². The number of benzene rings is 2. The fraction of sp³-hybridized carbons (Fsp3) is 0.207. The van der Waals surface area contributed by atoms with Crippen molar-refractivity contribution in [1.82, 2.24) is 19.4 Å². The van der Waals surface area contributed by atoms with Crippen molar-refractivity contribution in [2.24, 2.45) is 4.99 Å².